The fourth-order valence-corrected chi connectivity index (χ4v) is 1.93. The number of hydrogen-bond donors (Lipinski definition) is 1. The van der Waals surface area contributed by atoms with Crippen LogP contribution in [0, 0.1) is 0 Å². The molecule has 0 aliphatic rings. The Morgan fingerprint density at radius 2 is 1.86 bits per heavy atom. The van der Waals surface area contributed by atoms with Crippen molar-refractivity contribution in [3.05, 3.63) is 34.9 Å². The van der Waals surface area contributed by atoms with E-state index in [-0.39, 0.29) is 12.5 Å². The Labute approximate surface area is 130 Å². The van der Waals surface area contributed by atoms with E-state index in [0.29, 0.717) is 23.6 Å². The number of benzene rings is 1. The summed E-state index contributed by atoms with van der Waals surface area (Å²) in [5.41, 5.74) is 0.449. The summed E-state index contributed by atoms with van der Waals surface area (Å²) in [4.78, 5) is 23.2. The highest BCUT2D eigenvalue weighted by Crippen LogP contribution is 2.10. The predicted molar refractivity (Wildman–Crippen MR) is 83.5 cm³/mol. The molecule has 1 aromatic carbocycles. The fraction of sp³-hybridized carbons (Fsp3) is 0.500. The van der Waals surface area contributed by atoms with Gasteiger partial charge in [0.25, 0.3) is 0 Å². The molecule has 0 aliphatic carbocycles. The van der Waals surface area contributed by atoms with Gasteiger partial charge >= 0.3 is 5.97 Å². The Bertz CT molecular complexity index is 445. The van der Waals surface area contributed by atoms with Crippen LogP contribution in [0.3, 0.4) is 0 Å². The van der Waals surface area contributed by atoms with Crippen LogP contribution >= 0.6 is 11.6 Å². The van der Waals surface area contributed by atoms with E-state index in [2.05, 4.69) is 12.2 Å². The third kappa shape index (κ3) is 7.71. The number of halogens is 1. The first-order valence-electron chi connectivity index (χ1n) is 7.33. The van der Waals surface area contributed by atoms with Gasteiger partial charge in [-0.25, -0.2) is 4.79 Å². The van der Waals surface area contributed by atoms with Gasteiger partial charge in [0.15, 0.2) is 0 Å². The van der Waals surface area contributed by atoms with Gasteiger partial charge in [0.2, 0.25) is 5.91 Å². The number of ether oxygens (including phenoxy) is 1. The van der Waals surface area contributed by atoms with Crippen LogP contribution in [0.25, 0.3) is 0 Å². The summed E-state index contributed by atoms with van der Waals surface area (Å²) in [6.07, 6.45) is 4.83. The monoisotopic (exact) mass is 311 g/mol. The van der Waals surface area contributed by atoms with Gasteiger partial charge in [0.05, 0.1) is 12.1 Å². The summed E-state index contributed by atoms with van der Waals surface area (Å²) in [7, 11) is 0. The standard InChI is InChI=1S/C16H22ClNO3/c1-2-3-4-5-6-15(19)18-11-12-21-16(20)13-7-9-14(17)10-8-13/h7-10H,2-6,11-12H2,1H3,(H,18,19). The van der Waals surface area contributed by atoms with Crippen LogP contribution in [-0.4, -0.2) is 25.0 Å². The molecule has 0 aliphatic heterocycles. The van der Waals surface area contributed by atoms with E-state index in [1.165, 1.54) is 0 Å². The van der Waals surface area contributed by atoms with Crippen LogP contribution in [0.1, 0.15) is 49.4 Å². The minimum Gasteiger partial charge on any atom is -0.460 e. The van der Waals surface area contributed by atoms with Gasteiger partial charge in [-0.05, 0) is 30.7 Å². The van der Waals surface area contributed by atoms with Gasteiger partial charge in [-0.1, -0.05) is 37.8 Å². The highest BCUT2D eigenvalue weighted by atomic mass is 35.5. The van der Waals surface area contributed by atoms with Crippen molar-refractivity contribution in [2.45, 2.75) is 39.0 Å². The average molecular weight is 312 g/mol. The molecule has 0 aromatic heterocycles. The molecule has 0 unspecified atom stereocenters. The highest BCUT2D eigenvalue weighted by molar-refractivity contribution is 6.30. The van der Waals surface area contributed by atoms with E-state index in [1.807, 2.05) is 0 Å². The Morgan fingerprint density at radius 3 is 2.52 bits per heavy atom. The molecule has 0 saturated heterocycles. The highest BCUT2D eigenvalue weighted by Gasteiger charge is 2.07. The van der Waals surface area contributed by atoms with E-state index in [9.17, 15) is 9.59 Å². The van der Waals surface area contributed by atoms with Crippen molar-refractivity contribution in [1.82, 2.24) is 5.32 Å². The molecule has 0 fully saturated rings. The summed E-state index contributed by atoms with van der Waals surface area (Å²) < 4.78 is 5.06. The molecule has 0 atom stereocenters. The SMILES string of the molecule is CCCCCCC(=O)NCCOC(=O)c1ccc(Cl)cc1. The lowest BCUT2D eigenvalue weighted by atomic mass is 10.1. The van der Waals surface area contributed by atoms with Crippen LogP contribution in [0.15, 0.2) is 24.3 Å². The number of unbranched alkanes of at least 4 members (excludes halogenated alkanes) is 3. The number of esters is 1. The molecule has 21 heavy (non-hydrogen) atoms. The minimum atomic E-state index is -0.413. The Hall–Kier alpha value is -1.55. The van der Waals surface area contributed by atoms with Gasteiger partial charge in [0, 0.05) is 11.4 Å². The lowest BCUT2D eigenvalue weighted by molar-refractivity contribution is -0.121. The molecular formula is C16H22ClNO3. The number of rotatable bonds is 9. The first-order chi connectivity index (χ1) is 10.1. The normalized spacial score (nSPS) is 10.2. The van der Waals surface area contributed by atoms with E-state index in [1.54, 1.807) is 24.3 Å². The van der Waals surface area contributed by atoms with Crippen LogP contribution in [0.2, 0.25) is 5.02 Å². The first-order valence-corrected chi connectivity index (χ1v) is 7.70. The zero-order chi connectivity index (χ0) is 15.5. The number of carbonyl (C=O) groups excluding carboxylic acids is 2. The van der Waals surface area contributed by atoms with Crippen molar-refractivity contribution in [3.63, 3.8) is 0 Å². The largest absolute Gasteiger partial charge is 0.460 e. The quantitative estimate of drug-likeness (QED) is 0.560. The number of carbonyl (C=O) groups is 2. The van der Waals surface area contributed by atoms with Crippen molar-refractivity contribution in [3.8, 4) is 0 Å². The predicted octanol–water partition coefficient (Wildman–Crippen LogP) is 3.58. The topological polar surface area (TPSA) is 55.4 Å². The molecule has 1 amide bonds. The van der Waals surface area contributed by atoms with Gasteiger partial charge in [0.1, 0.15) is 6.61 Å². The molecule has 4 nitrogen and oxygen atoms in total. The second kappa shape index (κ2) is 10.2. The summed E-state index contributed by atoms with van der Waals surface area (Å²) in [5.74, 6) is -0.405. The van der Waals surface area contributed by atoms with Crippen molar-refractivity contribution in [2.24, 2.45) is 0 Å². The van der Waals surface area contributed by atoms with Gasteiger partial charge in [-0.15, -0.1) is 0 Å². The molecule has 1 N–H and O–H groups in total. The second-order valence-corrected chi connectivity index (χ2v) is 5.24. The van der Waals surface area contributed by atoms with Gasteiger partial charge in [-0.3, -0.25) is 4.79 Å². The maximum Gasteiger partial charge on any atom is 0.338 e. The molecule has 1 aromatic rings. The molecule has 0 heterocycles. The summed E-state index contributed by atoms with van der Waals surface area (Å²) >= 11 is 5.74. The van der Waals surface area contributed by atoms with E-state index < -0.39 is 5.97 Å². The van der Waals surface area contributed by atoms with Crippen LogP contribution in [0.4, 0.5) is 0 Å². The summed E-state index contributed by atoms with van der Waals surface area (Å²) in [6.45, 7) is 2.64. The maximum atomic E-state index is 11.7. The number of amides is 1. The van der Waals surface area contributed by atoms with Crippen molar-refractivity contribution in [1.29, 1.82) is 0 Å². The van der Waals surface area contributed by atoms with Crippen LogP contribution < -0.4 is 5.32 Å². The summed E-state index contributed by atoms with van der Waals surface area (Å²) in [5, 5.41) is 3.31. The van der Waals surface area contributed by atoms with Crippen molar-refractivity contribution >= 4 is 23.5 Å². The van der Waals surface area contributed by atoms with Gasteiger partial charge < -0.3 is 10.1 Å². The smallest absolute Gasteiger partial charge is 0.338 e. The molecule has 5 heteroatoms. The third-order valence-electron chi connectivity index (χ3n) is 2.99. The average Bonchev–Trinajstić information content (AvgIpc) is 2.48. The molecule has 0 spiro atoms. The van der Waals surface area contributed by atoms with E-state index >= 15 is 0 Å². The number of nitrogens with one attached hydrogen (secondary N) is 1. The molecule has 0 bridgehead atoms. The lowest BCUT2D eigenvalue weighted by Crippen LogP contribution is -2.27. The zero-order valence-corrected chi connectivity index (χ0v) is 13.1. The van der Waals surface area contributed by atoms with Crippen molar-refractivity contribution < 1.29 is 14.3 Å². The Balaban J connectivity index is 2.12. The molecular weight excluding hydrogens is 290 g/mol. The van der Waals surface area contributed by atoms with Crippen molar-refractivity contribution in [2.75, 3.05) is 13.2 Å². The summed E-state index contributed by atoms with van der Waals surface area (Å²) in [6, 6.07) is 6.49. The zero-order valence-electron chi connectivity index (χ0n) is 12.4. The van der Waals surface area contributed by atoms with E-state index in [0.717, 1.165) is 25.7 Å². The minimum absolute atomic E-state index is 0.00800. The Kier molecular flexibility index (Phi) is 8.51. The van der Waals surface area contributed by atoms with Crippen LogP contribution in [0.5, 0.6) is 0 Å². The maximum absolute atomic E-state index is 11.7. The molecule has 1 rings (SSSR count). The lowest BCUT2D eigenvalue weighted by Gasteiger charge is -2.07. The molecule has 116 valence electrons. The van der Waals surface area contributed by atoms with Crippen LogP contribution in [-0.2, 0) is 9.53 Å². The fourth-order valence-electron chi connectivity index (χ4n) is 1.80. The molecule has 0 saturated carbocycles. The first kappa shape index (κ1) is 17.5. The second-order valence-electron chi connectivity index (χ2n) is 4.80. The van der Waals surface area contributed by atoms with Gasteiger partial charge in [-0.2, -0.15) is 0 Å². The third-order valence-corrected chi connectivity index (χ3v) is 3.25. The molecule has 0 radical (unpaired) electrons. The van der Waals surface area contributed by atoms with E-state index in [4.69, 9.17) is 16.3 Å². The number of hydrogen-bond acceptors (Lipinski definition) is 3. The Morgan fingerprint density at radius 1 is 1.14 bits per heavy atom.